The van der Waals surface area contributed by atoms with Crippen molar-refractivity contribution in [1.29, 1.82) is 0 Å². The number of Topliss-reactive ketones (excluding diaryl/α,β-unsaturated/α-hetero) is 1. The number of aryl methyl sites for hydroxylation is 1. The van der Waals surface area contributed by atoms with Gasteiger partial charge < -0.3 is 4.18 Å². The van der Waals surface area contributed by atoms with Crippen LogP contribution in [-0.4, -0.2) is 19.7 Å². The van der Waals surface area contributed by atoms with Crippen LogP contribution in [0.5, 0.6) is 5.75 Å². The number of hydrogen-bond acceptors (Lipinski definition) is 4. The lowest BCUT2D eigenvalue weighted by Gasteiger charge is -2.10. The quantitative estimate of drug-likeness (QED) is 0.485. The van der Waals surface area contributed by atoms with Gasteiger partial charge in [0.05, 0.1) is 0 Å². The first kappa shape index (κ1) is 14.5. The first-order valence-corrected chi connectivity index (χ1v) is 6.08. The minimum Gasteiger partial charge on any atom is -0.376 e. The lowest BCUT2D eigenvalue weighted by atomic mass is 10.1. The molecule has 0 saturated heterocycles. The lowest BCUT2D eigenvalue weighted by molar-refractivity contribution is -0.0500. The molecule has 100 valence electrons. The molecule has 0 atom stereocenters. The average molecular weight is 282 g/mol. The van der Waals surface area contributed by atoms with Crippen molar-refractivity contribution in [3.8, 4) is 5.75 Å². The van der Waals surface area contributed by atoms with E-state index in [0.717, 1.165) is 12.1 Å². The highest BCUT2D eigenvalue weighted by Gasteiger charge is 2.48. The number of carbonyl (C=O) groups is 1. The fourth-order valence-electron chi connectivity index (χ4n) is 1.26. The van der Waals surface area contributed by atoms with Gasteiger partial charge in [0.1, 0.15) is 5.75 Å². The highest BCUT2D eigenvalue weighted by atomic mass is 32.2. The summed E-state index contributed by atoms with van der Waals surface area (Å²) < 4.78 is 61.6. The van der Waals surface area contributed by atoms with Gasteiger partial charge in [-0.25, -0.2) is 0 Å². The number of ketones is 1. The number of hydrogen-bond donors (Lipinski definition) is 0. The fourth-order valence-corrected chi connectivity index (χ4v) is 1.71. The smallest absolute Gasteiger partial charge is 0.376 e. The van der Waals surface area contributed by atoms with Gasteiger partial charge in [0.25, 0.3) is 0 Å². The van der Waals surface area contributed by atoms with E-state index >= 15 is 0 Å². The van der Waals surface area contributed by atoms with Crippen molar-refractivity contribution in [2.45, 2.75) is 19.4 Å². The Morgan fingerprint density at radius 3 is 2.22 bits per heavy atom. The molecule has 0 aromatic heterocycles. The maximum absolute atomic E-state index is 12.1. The monoisotopic (exact) mass is 282 g/mol. The molecule has 8 heteroatoms. The van der Waals surface area contributed by atoms with Gasteiger partial charge in [0, 0.05) is 5.56 Å². The van der Waals surface area contributed by atoms with E-state index in [-0.39, 0.29) is 11.3 Å². The van der Waals surface area contributed by atoms with E-state index in [1.165, 1.54) is 19.9 Å². The molecule has 0 aliphatic rings. The van der Waals surface area contributed by atoms with Gasteiger partial charge in [-0.15, -0.1) is 0 Å². The third-order valence-corrected chi connectivity index (χ3v) is 3.05. The number of carbonyl (C=O) groups excluding carboxylic acids is 1. The normalized spacial score (nSPS) is 12.3. The number of benzene rings is 1. The van der Waals surface area contributed by atoms with Crippen LogP contribution in [0.4, 0.5) is 13.2 Å². The standard InChI is InChI=1S/C10H9F3O4S/c1-6-5-8(3-4-9(6)7(2)14)17-18(15,16)10(11,12)13/h3-5H,1-2H3. The van der Waals surface area contributed by atoms with Gasteiger partial charge in [-0.1, -0.05) is 0 Å². The van der Waals surface area contributed by atoms with Gasteiger partial charge in [0.2, 0.25) is 0 Å². The van der Waals surface area contributed by atoms with Crippen molar-refractivity contribution < 1.29 is 30.6 Å². The molecule has 18 heavy (non-hydrogen) atoms. The Kier molecular flexibility index (Phi) is 3.70. The molecule has 0 bridgehead atoms. The minimum atomic E-state index is -5.69. The van der Waals surface area contributed by atoms with Gasteiger partial charge in [0.15, 0.2) is 5.78 Å². The molecule has 1 aromatic carbocycles. The highest BCUT2D eigenvalue weighted by molar-refractivity contribution is 7.87. The van der Waals surface area contributed by atoms with Gasteiger partial charge in [-0.05, 0) is 37.6 Å². The third kappa shape index (κ3) is 3.00. The maximum atomic E-state index is 12.1. The van der Waals surface area contributed by atoms with E-state index in [0.29, 0.717) is 5.56 Å². The van der Waals surface area contributed by atoms with E-state index in [1.807, 2.05) is 0 Å². The predicted octanol–water partition coefficient (Wildman–Crippen LogP) is 2.43. The minimum absolute atomic E-state index is 0.280. The largest absolute Gasteiger partial charge is 0.534 e. The van der Waals surface area contributed by atoms with E-state index in [9.17, 15) is 26.4 Å². The van der Waals surface area contributed by atoms with E-state index in [4.69, 9.17) is 0 Å². The van der Waals surface area contributed by atoms with Crippen LogP contribution in [0.2, 0.25) is 0 Å². The fraction of sp³-hybridized carbons (Fsp3) is 0.300. The predicted molar refractivity (Wildman–Crippen MR) is 56.8 cm³/mol. The molecule has 1 rings (SSSR count). The number of rotatable bonds is 3. The second kappa shape index (κ2) is 4.60. The van der Waals surface area contributed by atoms with Crippen molar-refractivity contribution in [3.05, 3.63) is 29.3 Å². The van der Waals surface area contributed by atoms with E-state index in [2.05, 4.69) is 4.18 Å². The molecule has 0 radical (unpaired) electrons. The summed E-state index contributed by atoms with van der Waals surface area (Å²) in [5, 5.41) is 0. The summed E-state index contributed by atoms with van der Waals surface area (Å²) in [5.74, 6) is -0.771. The summed E-state index contributed by atoms with van der Waals surface area (Å²) in [5.41, 5.74) is -4.87. The molecule has 0 spiro atoms. The molecule has 0 unspecified atom stereocenters. The SMILES string of the molecule is CC(=O)c1ccc(OS(=O)(=O)C(F)(F)F)cc1C. The van der Waals surface area contributed by atoms with Crippen molar-refractivity contribution in [2.24, 2.45) is 0 Å². The Balaban J connectivity index is 3.09. The Bertz CT molecular complexity index is 575. The van der Waals surface area contributed by atoms with Gasteiger partial charge in [-0.3, -0.25) is 4.79 Å². The molecular formula is C10H9F3O4S. The molecule has 0 heterocycles. The summed E-state index contributed by atoms with van der Waals surface area (Å²) in [6.07, 6.45) is 0. The number of halogens is 3. The molecule has 0 aliphatic heterocycles. The van der Waals surface area contributed by atoms with Crippen LogP contribution in [0, 0.1) is 6.92 Å². The Morgan fingerprint density at radius 2 is 1.83 bits per heavy atom. The van der Waals surface area contributed by atoms with Crippen LogP contribution in [0.1, 0.15) is 22.8 Å². The van der Waals surface area contributed by atoms with Crippen LogP contribution in [-0.2, 0) is 10.1 Å². The molecule has 0 fully saturated rings. The van der Waals surface area contributed by atoms with Crippen LogP contribution in [0.3, 0.4) is 0 Å². The molecule has 0 saturated carbocycles. The van der Waals surface area contributed by atoms with E-state index in [1.54, 1.807) is 0 Å². The first-order valence-electron chi connectivity index (χ1n) is 4.67. The van der Waals surface area contributed by atoms with Crippen molar-refractivity contribution in [1.82, 2.24) is 0 Å². The van der Waals surface area contributed by atoms with Crippen molar-refractivity contribution >= 4 is 15.9 Å². The van der Waals surface area contributed by atoms with Crippen LogP contribution in [0.25, 0.3) is 0 Å². The zero-order valence-corrected chi connectivity index (χ0v) is 10.2. The molecular weight excluding hydrogens is 273 g/mol. The zero-order chi connectivity index (χ0) is 14.1. The first-order chi connectivity index (χ1) is 8.04. The topological polar surface area (TPSA) is 60.4 Å². The average Bonchev–Trinajstić information content (AvgIpc) is 2.14. The van der Waals surface area contributed by atoms with Crippen LogP contribution < -0.4 is 4.18 Å². The Labute approximate surface area is 101 Å². The van der Waals surface area contributed by atoms with Crippen LogP contribution >= 0.6 is 0 Å². The highest BCUT2D eigenvalue weighted by Crippen LogP contribution is 2.27. The number of alkyl halides is 3. The van der Waals surface area contributed by atoms with Crippen molar-refractivity contribution in [2.75, 3.05) is 0 Å². The second-order valence-corrected chi connectivity index (χ2v) is 5.05. The molecule has 0 amide bonds. The summed E-state index contributed by atoms with van der Waals surface area (Å²) >= 11 is 0. The second-order valence-electron chi connectivity index (χ2n) is 3.52. The lowest BCUT2D eigenvalue weighted by Crippen LogP contribution is -2.28. The summed E-state index contributed by atoms with van der Waals surface area (Å²) in [4.78, 5) is 11.1. The van der Waals surface area contributed by atoms with Gasteiger partial charge >= 0.3 is 15.6 Å². The van der Waals surface area contributed by atoms with Gasteiger partial charge in [-0.2, -0.15) is 21.6 Å². The summed E-state index contributed by atoms with van der Waals surface area (Å²) in [6, 6.07) is 3.26. The maximum Gasteiger partial charge on any atom is 0.534 e. The Hall–Kier alpha value is -1.57. The molecule has 0 N–H and O–H groups in total. The van der Waals surface area contributed by atoms with Crippen molar-refractivity contribution in [3.63, 3.8) is 0 Å². The molecule has 1 aromatic rings. The Morgan fingerprint density at radius 1 is 1.28 bits per heavy atom. The van der Waals surface area contributed by atoms with E-state index < -0.39 is 21.4 Å². The molecule has 0 aliphatic carbocycles. The van der Waals surface area contributed by atoms with Crippen LogP contribution in [0.15, 0.2) is 18.2 Å². The summed E-state index contributed by atoms with van der Waals surface area (Å²) in [7, 11) is -5.69. The molecule has 4 nitrogen and oxygen atoms in total. The summed E-state index contributed by atoms with van der Waals surface area (Å²) in [6.45, 7) is 2.75. The third-order valence-electron chi connectivity index (χ3n) is 2.07. The zero-order valence-electron chi connectivity index (χ0n) is 9.41.